The number of nitrogens with zero attached hydrogens (tertiary/aromatic N) is 2. The Hall–Kier alpha value is -3.99. The molecule has 1 heterocycles. The average Bonchev–Trinajstić information content (AvgIpc) is 2.83. The summed E-state index contributed by atoms with van der Waals surface area (Å²) in [5, 5.41) is 2.83. The first-order valence-corrected chi connectivity index (χ1v) is 9.69. The monoisotopic (exact) mass is 395 g/mol. The highest BCUT2D eigenvalue weighted by Crippen LogP contribution is 2.22. The quantitative estimate of drug-likeness (QED) is 0.500. The molecule has 0 aliphatic heterocycles. The second kappa shape index (κ2) is 9.47. The molecule has 5 heteroatoms. The van der Waals surface area contributed by atoms with E-state index in [2.05, 4.69) is 27.4 Å². The van der Waals surface area contributed by atoms with Crippen LogP contribution in [0.1, 0.15) is 5.69 Å². The first-order valence-electron chi connectivity index (χ1n) is 9.69. The third-order valence-corrected chi connectivity index (χ3v) is 4.59. The topological polar surface area (TPSA) is 64.1 Å². The van der Waals surface area contributed by atoms with Crippen molar-refractivity contribution in [2.24, 2.45) is 0 Å². The minimum atomic E-state index is -0.206. The second-order valence-electron chi connectivity index (χ2n) is 6.72. The molecule has 3 aromatic carbocycles. The number of ether oxygens (including phenoxy) is 1. The molecule has 5 nitrogen and oxygen atoms in total. The molecule has 4 aromatic rings. The lowest BCUT2D eigenvalue weighted by molar-refractivity contribution is -0.123. The van der Waals surface area contributed by atoms with Crippen molar-refractivity contribution >= 4 is 5.91 Å². The fourth-order valence-electron chi connectivity index (χ4n) is 3.02. The Kier molecular flexibility index (Phi) is 6.11. The van der Waals surface area contributed by atoms with Crippen LogP contribution in [0.5, 0.6) is 5.75 Å². The van der Waals surface area contributed by atoms with E-state index >= 15 is 0 Å². The Labute approximate surface area is 175 Å². The smallest absolute Gasteiger partial charge is 0.258 e. The number of amides is 1. The predicted octanol–water partition coefficient (Wildman–Crippen LogP) is 4.51. The number of nitrogens with one attached hydrogen (secondary N) is 1. The lowest BCUT2D eigenvalue weighted by atomic mass is 10.1. The highest BCUT2D eigenvalue weighted by Gasteiger charge is 2.06. The van der Waals surface area contributed by atoms with Crippen LogP contribution >= 0.6 is 0 Å². The first kappa shape index (κ1) is 19.3. The summed E-state index contributed by atoms with van der Waals surface area (Å²) in [6.07, 6.45) is 1.51. The maximum atomic E-state index is 12.2. The van der Waals surface area contributed by atoms with Crippen LogP contribution in [0, 0.1) is 0 Å². The van der Waals surface area contributed by atoms with E-state index in [9.17, 15) is 4.79 Å². The van der Waals surface area contributed by atoms with E-state index < -0.39 is 0 Å². The van der Waals surface area contributed by atoms with Crippen molar-refractivity contribution in [3.63, 3.8) is 0 Å². The molecule has 0 radical (unpaired) electrons. The molecule has 1 amide bonds. The molecule has 1 aromatic heterocycles. The van der Waals surface area contributed by atoms with Gasteiger partial charge in [0.15, 0.2) is 6.61 Å². The third kappa shape index (κ3) is 5.08. The molecule has 4 rings (SSSR count). The van der Waals surface area contributed by atoms with Crippen LogP contribution in [0.15, 0.2) is 97.3 Å². The van der Waals surface area contributed by atoms with Crippen molar-refractivity contribution in [1.29, 1.82) is 0 Å². The summed E-state index contributed by atoms with van der Waals surface area (Å²) in [6.45, 7) is 0.263. The summed E-state index contributed by atoms with van der Waals surface area (Å²) in [7, 11) is 0. The number of aromatic nitrogens is 2. The van der Waals surface area contributed by atoms with Crippen molar-refractivity contribution in [2.45, 2.75) is 6.54 Å². The van der Waals surface area contributed by atoms with Gasteiger partial charge in [-0.1, -0.05) is 72.8 Å². The molecule has 0 bridgehead atoms. The van der Waals surface area contributed by atoms with Crippen LogP contribution < -0.4 is 10.1 Å². The Morgan fingerprint density at radius 2 is 1.40 bits per heavy atom. The molecule has 148 valence electrons. The number of hydrogen-bond acceptors (Lipinski definition) is 4. The summed E-state index contributed by atoms with van der Waals surface area (Å²) in [6, 6.07) is 29.5. The summed E-state index contributed by atoms with van der Waals surface area (Å²) >= 11 is 0. The van der Waals surface area contributed by atoms with Crippen molar-refractivity contribution in [3.8, 4) is 28.1 Å². The average molecular weight is 395 g/mol. The van der Waals surface area contributed by atoms with Gasteiger partial charge >= 0.3 is 0 Å². The standard InChI is InChI=1S/C25H21N3O2/c29-25(17-30-23-13-11-20(12-14-23)19-7-3-1-4-8-19)26-16-22-15-24(28-18-27-22)21-9-5-2-6-10-21/h1-15,18H,16-17H2,(H,26,29). The zero-order valence-corrected chi connectivity index (χ0v) is 16.4. The zero-order chi connectivity index (χ0) is 20.6. The summed E-state index contributed by atoms with van der Waals surface area (Å²) in [4.78, 5) is 20.7. The minimum Gasteiger partial charge on any atom is -0.484 e. The first-order chi connectivity index (χ1) is 14.8. The Morgan fingerprint density at radius 1 is 0.767 bits per heavy atom. The second-order valence-corrected chi connectivity index (χ2v) is 6.72. The molecule has 0 saturated carbocycles. The fraction of sp³-hybridized carbons (Fsp3) is 0.0800. The molecule has 1 N–H and O–H groups in total. The summed E-state index contributed by atoms with van der Waals surface area (Å²) < 4.78 is 5.60. The summed E-state index contributed by atoms with van der Waals surface area (Å²) in [5.41, 5.74) is 4.82. The number of benzene rings is 3. The van der Waals surface area contributed by atoms with Gasteiger partial charge in [-0.15, -0.1) is 0 Å². The number of carbonyl (C=O) groups is 1. The molecule has 0 aliphatic carbocycles. The number of carbonyl (C=O) groups excluding carboxylic acids is 1. The van der Waals surface area contributed by atoms with E-state index in [1.54, 1.807) is 0 Å². The lowest BCUT2D eigenvalue weighted by Gasteiger charge is -2.09. The van der Waals surface area contributed by atoms with Gasteiger partial charge in [0.25, 0.3) is 5.91 Å². The van der Waals surface area contributed by atoms with Crippen molar-refractivity contribution < 1.29 is 9.53 Å². The Balaban J connectivity index is 1.28. The van der Waals surface area contributed by atoms with Crippen LogP contribution in [0.4, 0.5) is 0 Å². The SMILES string of the molecule is O=C(COc1ccc(-c2ccccc2)cc1)NCc1cc(-c2ccccc2)ncn1. The maximum Gasteiger partial charge on any atom is 0.258 e. The van der Waals surface area contributed by atoms with E-state index in [1.807, 2.05) is 78.9 Å². The van der Waals surface area contributed by atoms with E-state index in [0.29, 0.717) is 12.3 Å². The Bertz CT molecular complexity index is 1100. The van der Waals surface area contributed by atoms with E-state index in [1.165, 1.54) is 6.33 Å². The highest BCUT2D eigenvalue weighted by atomic mass is 16.5. The largest absolute Gasteiger partial charge is 0.484 e. The number of hydrogen-bond donors (Lipinski definition) is 1. The molecule has 0 fully saturated rings. The lowest BCUT2D eigenvalue weighted by Crippen LogP contribution is -2.28. The normalized spacial score (nSPS) is 10.4. The molecule has 0 atom stereocenters. The van der Waals surface area contributed by atoms with Gasteiger partial charge in [0.05, 0.1) is 17.9 Å². The van der Waals surface area contributed by atoms with Crippen LogP contribution in [0.25, 0.3) is 22.4 Å². The van der Waals surface area contributed by atoms with Gasteiger partial charge in [-0.2, -0.15) is 0 Å². The molecular weight excluding hydrogens is 374 g/mol. The molecule has 0 spiro atoms. The zero-order valence-electron chi connectivity index (χ0n) is 16.4. The molecule has 0 saturated heterocycles. The van der Waals surface area contributed by atoms with Crippen molar-refractivity contribution in [2.75, 3.05) is 6.61 Å². The van der Waals surface area contributed by atoms with E-state index in [4.69, 9.17) is 4.74 Å². The molecule has 0 aliphatic rings. The van der Waals surface area contributed by atoms with E-state index in [0.717, 1.165) is 28.1 Å². The maximum absolute atomic E-state index is 12.2. The van der Waals surface area contributed by atoms with Gasteiger partial charge in [-0.3, -0.25) is 4.79 Å². The van der Waals surface area contributed by atoms with E-state index in [-0.39, 0.29) is 12.5 Å². The summed E-state index contributed by atoms with van der Waals surface area (Å²) in [5.74, 6) is 0.445. The van der Waals surface area contributed by atoms with Crippen molar-refractivity contribution in [1.82, 2.24) is 15.3 Å². The van der Waals surface area contributed by atoms with Crippen molar-refractivity contribution in [3.05, 3.63) is 103 Å². The van der Waals surface area contributed by atoms with Gasteiger partial charge < -0.3 is 10.1 Å². The highest BCUT2D eigenvalue weighted by molar-refractivity contribution is 5.77. The van der Waals surface area contributed by atoms with Gasteiger partial charge in [0.2, 0.25) is 0 Å². The van der Waals surface area contributed by atoms with Crippen LogP contribution in [0.2, 0.25) is 0 Å². The minimum absolute atomic E-state index is 0.0543. The van der Waals surface area contributed by atoms with Crippen LogP contribution in [-0.4, -0.2) is 22.5 Å². The predicted molar refractivity (Wildman–Crippen MR) is 117 cm³/mol. The van der Waals surface area contributed by atoms with Gasteiger partial charge in [-0.05, 0) is 29.3 Å². The fourth-order valence-corrected chi connectivity index (χ4v) is 3.02. The third-order valence-electron chi connectivity index (χ3n) is 4.59. The van der Waals surface area contributed by atoms with Gasteiger partial charge in [0, 0.05) is 5.56 Å². The van der Waals surface area contributed by atoms with Crippen LogP contribution in [-0.2, 0) is 11.3 Å². The Morgan fingerprint density at radius 3 is 2.10 bits per heavy atom. The molecule has 30 heavy (non-hydrogen) atoms. The molecule has 0 unspecified atom stereocenters. The number of rotatable bonds is 7. The van der Waals surface area contributed by atoms with Crippen LogP contribution in [0.3, 0.4) is 0 Å². The molecular formula is C25H21N3O2. The van der Waals surface area contributed by atoms with Gasteiger partial charge in [0.1, 0.15) is 12.1 Å². The van der Waals surface area contributed by atoms with Gasteiger partial charge in [-0.25, -0.2) is 9.97 Å².